The largest absolute Gasteiger partial charge is 0.381 e. The first-order chi connectivity index (χ1) is 10.8. The van der Waals surface area contributed by atoms with Crippen molar-refractivity contribution in [2.75, 3.05) is 20.2 Å². The Morgan fingerprint density at radius 2 is 2.17 bits per heavy atom. The molecule has 2 rings (SSSR count). The molecule has 1 aliphatic rings. The molecule has 0 aromatic heterocycles. The molecule has 0 radical (unpaired) electrons. The summed E-state index contributed by atoms with van der Waals surface area (Å²) in [5.74, 6) is -1.15. The Kier molecular flexibility index (Phi) is 7.05. The number of halogens is 2. The molecule has 2 N–H and O–H groups in total. The second kappa shape index (κ2) is 8.17. The van der Waals surface area contributed by atoms with Crippen LogP contribution in [-0.4, -0.2) is 50.0 Å². The first-order valence-electron chi connectivity index (χ1n) is 7.00. The van der Waals surface area contributed by atoms with Gasteiger partial charge in [-0.15, -0.1) is 12.4 Å². The third-order valence-electron chi connectivity index (χ3n) is 3.93. The predicted molar refractivity (Wildman–Crippen MR) is 87.1 cm³/mol. The minimum absolute atomic E-state index is 0. The van der Waals surface area contributed by atoms with Gasteiger partial charge < -0.3 is 10.5 Å². The van der Waals surface area contributed by atoms with Crippen LogP contribution in [0.4, 0.5) is 10.1 Å². The van der Waals surface area contributed by atoms with E-state index in [9.17, 15) is 22.9 Å². The van der Waals surface area contributed by atoms with Gasteiger partial charge >= 0.3 is 0 Å². The van der Waals surface area contributed by atoms with Crippen molar-refractivity contribution < 1.29 is 22.5 Å². The molecule has 1 aliphatic heterocycles. The molecule has 11 heteroatoms. The van der Waals surface area contributed by atoms with E-state index >= 15 is 0 Å². The summed E-state index contributed by atoms with van der Waals surface area (Å²) < 4.78 is 45.9. The van der Waals surface area contributed by atoms with E-state index in [2.05, 4.69) is 0 Å². The number of piperidine rings is 1. The van der Waals surface area contributed by atoms with E-state index in [-0.39, 0.29) is 31.6 Å². The standard InChI is InChI=1S/C13H18FN3O5S.ClH/c1-22-10-5-6-16(9(7-10)8-15)23(20,21)13-11(14)3-2-4-12(13)17(18)19;/h2-4,9-10H,5-8,15H2,1H3;1H. The Balaban J connectivity index is 0.00000288. The summed E-state index contributed by atoms with van der Waals surface area (Å²) in [6, 6.07) is 2.36. The molecule has 2 atom stereocenters. The summed E-state index contributed by atoms with van der Waals surface area (Å²) in [4.78, 5) is 9.24. The van der Waals surface area contributed by atoms with Gasteiger partial charge in [0.2, 0.25) is 0 Å². The SMILES string of the molecule is COC1CCN(S(=O)(=O)c2c(F)cccc2[N+](=O)[O-])C(CN)C1.Cl. The average molecular weight is 384 g/mol. The van der Waals surface area contributed by atoms with Crippen molar-refractivity contribution in [2.24, 2.45) is 5.73 Å². The lowest BCUT2D eigenvalue weighted by molar-refractivity contribution is -0.388. The third-order valence-corrected chi connectivity index (χ3v) is 5.95. The fraction of sp³-hybridized carbons (Fsp3) is 0.538. The number of ether oxygens (including phenoxy) is 1. The van der Waals surface area contributed by atoms with Gasteiger partial charge in [-0.05, 0) is 18.9 Å². The minimum atomic E-state index is -4.38. The topological polar surface area (TPSA) is 116 Å². The maximum Gasteiger partial charge on any atom is 0.292 e. The fourth-order valence-electron chi connectivity index (χ4n) is 2.75. The highest BCUT2D eigenvalue weighted by atomic mass is 35.5. The van der Waals surface area contributed by atoms with Crippen LogP contribution in [0.25, 0.3) is 0 Å². The van der Waals surface area contributed by atoms with Gasteiger partial charge in [-0.2, -0.15) is 4.31 Å². The number of nitrogens with zero attached hydrogens (tertiary/aromatic N) is 2. The molecule has 8 nitrogen and oxygen atoms in total. The summed E-state index contributed by atoms with van der Waals surface area (Å²) in [5, 5.41) is 11.1. The van der Waals surface area contributed by atoms with Gasteiger partial charge in [0.15, 0.2) is 4.90 Å². The Labute approximate surface area is 145 Å². The quantitative estimate of drug-likeness (QED) is 0.604. The molecule has 2 unspecified atom stereocenters. The van der Waals surface area contributed by atoms with Gasteiger partial charge in [-0.3, -0.25) is 10.1 Å². The summed E-state index contributed by atoms with van der Waals surface area (Å²) in [6.45, 7) is 0.0789. The second-order valence-corrected chi connectivity index (χ2v) is 7.06. The van der Waals surface area contributed by atoms with Crippen LogP contribution in [0.15, 0.2) is 23.1 Å². The van der Waals surface area contributed by atoms with Crippen LogP contribution < -0.4 is 5.73 Å². The molecule has 0 bridgehead atoms. The number of rotatable bonds is 5. The molecule has 24 heavy (non-hydrogen) atoms. The fourth-order valence-corrected chi connectivity index (χ4v) is 4.62. The van der Waals surface area contributed by atoms with E-state index in [1.54, 1.807) is 0 Å². The Morgan fingerprint density at radius 1 is 1.50 bits per heavy atom. The van der Waals surface area contributed by atoms with Crippen molar-refractivity contribution in [2.45, 2.75) is 29.9 Å². The lowest BCUT2D eigenvalue weighted by Crippen LogP contribution is -2.51. The van der Waals surface area contributed by atoms with Crippen LogP contribution in [0.3, 0.4) is 0 Å². The van der Waals surface area contributed by atoms with Gasteiger partial charge in [0, 0.05) is 32.3 Å². The van der Waals surface area contributed by atoms with Crippen LogP contribution in [0.1, 0.15) is 12.8 Å². The van der Waals surface area contributed by atoms with Gasteiger partial charge in [0.25, 0.3) is 15.7 Å². The van der Waals surface area contributed by atoms with Crippen LogP contribution >= 0.6 is 12.4 Å². The van der Waals surface area contributed by atoms with E-state index in [0.717, 1.165) is 22.5 Å². The van der Waals surface area contributed by atoms with E-state index in [1.165, 1.54) is 7.11 Å². The van der Waals surface area contributed by atoms with E-state index in [4.69, 9.17) is 10.5 Å². The highest BCUT2D eigenvalue weighted by Crippen LogP contribution is 2.32. The summed E-state index contributed by atoms with van der Waals surface area (Å²) >= 11 is 0. The average Bonchev–Trinajstić information content (AvgIpc) is 2.53. The summed E-state index contributed by atoms with van der Waals surface area (Å²) in [7, 11) is -2.86. The van der Waals surface area contributed by atoms with Gasteiger partial charge in [0.1, 0.15) is 5.82 Å². The smallest absolute Gasteiger partial charge is 0.292 e. The molecule has 136 valence electrons. The van der Waals surface area contributed by atoms with Gasteiger partial charge in [-0.1, -0.05) is 6.07 Å². The molecule has 1 aromatic carbocycles. The zero-order valence-electron chi connectivity index (χ0n) is 12.9. The zero-order chi connectivity index (χ0) is 17.2. The maximum atomic E-state index is 14.1. The lowest BCUT2D eigenvalue weighted by atomic mass is 10.0. The monoisotopic (exact) mass is 383 g/mol. The summed E-state index contributed by atoms with van der Waals surface area (Å²) in [6.07, 6.45) is 0.619. The maximum absolute atomic E-state index is 14.1. The number of nitro groups is 1. The van der Waals surface area contributed by atoms with Crippen molar-refractivity contribution >= 4 is 28.1 Å². The highest BCUT2D eigenvalue weighted by molar-refractivity contribution is 7.89. The summed E-state index contributed by atoms with van der Waals surface area (Å²) in [5.41, 5.74) is 4.85. The molecule has 0 aliphatic carbocycles. The van der Waals surface area contributed by atoms with Gasteiger partial charge in [-0.25, -0.2) is 12.8 Å². The van der Waals surface area contributed by atoms with Crippen molar-refractivity contribution in [3.05, 3.63) is 34.1 Å². The zero-order valence-corrected chi connectivity index (χ0v) is 14.6. The number of methoxy groups -OCH3 is 1. The van der Waals surface area contributed by atoms with Crippen LogP contribution in [-0.2, 0) is 14.8 Å². The molecule has 1 saturated heterocycles. The molecule has 1 aromatic rings. The van der Waals surface area contributed by atoms with E-state index in [0.29, 0.717) is 12.8 Å². The molecule has 0 spiro atoms. The molecule has 1 fully saturated rings. The van der Waals surface area contributed by atoms with Crippen LogP contribution in [0.2, 0.25) is 0 Å². The van der Waals surface area contributed by atoms with Gasteiger partial charge in [0.05, 0.1) is 11.0 Å². The van der Waals surface area contributed by atoms with Crippen molar-refractivity contribution in [3.63, 3.8) is 0 Å². The first kappa shape index (κ1) is 20.7. The Morgan fingerprint density at radius 3 is 2.71 bits per heavy atom. The number of nitrogens with two attached hydrogens (primary N) is 1. The van der Waals surface area contributed by atoms with Crippen LogP contribution in [0, 0.1) is 15.9 Å². The Hall–Kier alpha value is -1.33. The van der Waals surface area contributed by atoms with E-state index in [1.807, 2.05) is 0 Å². The second-order valence-electron chi connectivity index (χ2n) is 5.23. The molecule has 0 amide bonds. The predicted octanol–water partition coefficient (Wildman–Crippen LogP) is 1.28. The number of benzene rings is 1. The lowest BCUT2D eigenvalue weighted by Gasteiger charge is -2.37. The van der Waals surface area contributed by atoms with Crippen LogP contribution in [0.5, 0.6) is 0 Å². The van der Waals surface area contributed by atoms with Crippen molar-refractivity contribution in [3.8, 4) is 0 Å². The molecular formula is C13H19ClFN3O5S. The Bertz CT molecular complexity index is 703. The van der Waals surface area contributed by atoms with Crippen molar-refractivity contribution in [1.82, 2.24) is 4.31 Å². The van der Waals surface area contributed by atoms with Crippen molar-refractivity contribution in [1.29, 1.82) is 0 Å². The molecular weight excluding hydrogens is 365 g/mol. The number of hydrogen-bond donors (Lipinski definition) is 1. The first-order valence-corrected chi connectivity index (χ1v) is 8.44. The number of nitro benzene ring substituents is 1. The minimum Gasteiger partial charge on any atom is -0.381 e. The number of sulfonamides is 1. The highest BCUT2D eigenvalue weighted by Gasteiger charge is 2.41. The number of hydrogen-bond acceptors (Lipinski definition) is 6. The normalized spacial score (nSPS) is 22.0. The molecule has 0 saturated carbocycles. The molecule has 1 heterocycles. The van der Waals surface area contributed by atoms with E-state index < -0.39 is 37.4 Å². The third kappa shape index (κ3) is 3.83.